The zero-order valence-electron chi connectivity index (χ0n) is 11.6. The van der Waals surface area contributed by atoms with Crippen molar-refractivity contribution >= 4 is 33.2 Å². The third-order valence-corrected chi connectivity index (χ3v) is 4.81. The topological polar surface area (TPSA) is 83.8 Å². The summed E-state index contributed by atoms with van der Waals surface area (Å²) < 4.78 is 28.2. The molecule has 0 aliphatic heterocycles. The van der Waals surface area contributed by atoms with Gasteiger partial charge in [0.05, 0.1) is 6.54 Å². The van der Waals surface area contributed by atoms with Gasteiger partial charge in [-0.3, -0.25) is 9.20 Å². The number of aromatic nitrogens is 2. The van der Waals surface area contributed by atoms with Gasteiger partial charge >= 0.3 is 0 Å². The molecule has 2 heterocycles. The summed E-state index contributed by atoms with van der Waals surface area (Å²) in [5.41, 5.74) is 0.417. The number of pyridine rings is 1. The van der Waals surface area contributed by atoms with E-state index >= 15 is 0 Å². The van der Waals surface area contributed by atoms with E-state index in [1.165, 1.54) is 9.30 Å². The second-order valence-electron chi connectivity index (χ2n) is 4.37. The van der Waals surface area contributed by atoms with Gasteiger partial charge in [0.15, 0.2) is 10.2 Å². The molecule has 1 amide bonds. The average Bonchev–Trinajstić information content (AvgIpc) is 2.80. The second kappa shape index (κ2) is 6.00. The summed E-state index contributed by atoms with van der Waals surface area (Å²) >= 11 is 5.91. The number of amides is 1. The highest BCUT2D eigenvalue weighted by Crippen LogP contribution is 2.22. The normalized spacial score (nSPS) is 11.8. The highest BCUT2D eigenvalue weighted by molar-refractivity contribution is 7.89. The molecule has 0 aromatic carbocycles. The van der Waals surface area contributed by atoms with E-state index in [2.05, 4.69) is 9.71 Å². The van der Waals surface area contributed by atoms with Gasteiger partial charge < -0.3 is 4.90 Å². The first-order chi connectivity index (χ1) is 9.86. The Kier molecular flexibility index (Phi) is 4.50. The fraction of sp³-hybridized carbons (Fsp3) is 0.333. The quantitative estimate of drug-likeness (QED) is 0.876. The number of fused-ring (bicyclic) bond motifs is 1. The molecule has 0 bridgehead atoms. The lowest BCUT2D eigenvalue weighted by Crippen LogP contribution is -2.38. The first kappa shape index (κ1) is 15.7. The lowest BCUT2D eigenvalue weighted by Gasteiger charge is -2.14. The molecule has 1 N–H and O–H groups in total. The second-order valence-corrected chi connectivity index (χ2v) is 6.41. The van der Waals surface area contributed by atoms with Crippen LogP contribution in [0.4, 0.5) is 0 Å². The minimum atomic E-state index is -3.94. The van der Waals surface area contributed by atoms with Gasteiger partial charge in [-0.05, 0) is 19.1 Å². The minimum absolute atomic E-state index is 0.134. The van der Waals surface area contributed by atoms with E-state index in [1.54, 1.807) is 38.4 Å². The molecule has 0 saturated carbocycles. The van der Waals surface area contributed by atoms with Crippen molar-refractivity contribution in [3.05, 3.63) is 29.5 Å². The molecule has 0 saturated heterocycles. The molecule has 2 aromatic rings. The zero-order valence-corrected chi connectivity index (χ0v) is 13.1. The van der Waals surface area contributed by atoms with E-state index < -0.39 is 10.0 Å². The molecule has 2 rings (SSSR count). The van der Waals surface area contributed by atoms with Crippen LogP contribution in [0.2, 0.25) is 5.15 Å². The van der Waals surface area contributed by atoms with Crippen LogP contribution in [0.1, 0.15) is 6.92 Å². The van der Waals surface area contributed by atoms with E-state index in [4.69, 9.17) is 11.6 Å². The Morgan fingerprint density at radius 2 is 2.19 bits per heavy atom. The van der Waals surface area contributed by atoms with Crippen molar-refractivity contribution in [1.82, 2.24) is 19.0 Å². The highest BCUT2D eigenvalue weighted by atomic mass is 35.5. The number of rotatable bonds is 5. The lowest BCUT2D eigenvalue weighted by molar-refractivity contribution is -0.128. The molecule has 0 atom stereocenters. The third-order valence-electron chi connectivity index (χ3n) is 3.01. The average molecular weight is 331 g/mol. The summed E-state index contributed by atoms with van der Waals surface area (Å²) in [4.78, 5) is 17.1. The van der Waals surface area contributed by atoms with E-state index in [1.807, 2.05) is 0 Å². The van der Waals surface area contributed by atoms with Crippen molar-refractivity contribution in [2.45, 2.75) is 11.9 Å². The van der Waals surface area contributed by atoms with Crippen molar-refractivity contribution in [3.8, 4) is 0 Å². The maximum atomic E-state index is 12.3. The standard InChI is InChI=1S/C12H15ClN4O3S/c1-3-16(2)10(18)8-14-21(19,20)12-11(13)15-9-6-4-5-7-17(9)12/h4-7,14H,3,8H2,1-2H3. The smallest absolute Gasteiger partial charge is 0.260 e. The lowest BCUT2D eigenvalue weighted by atomic mass is 10.5. The van der Waals surface area contributed by atoms with Crippen LogP contribution in [0.25, 0.3) is 5.65 Å². The number of carbonyl (C=O) groups is 1. The molecule has 7 nitrogen and oxygen atoms in total. The van der Waals surface area contributed by atoms with Gasteiger partial charge in [0.1, 0.15) is 5.65 Å². The van der Waals surface area contributed by atoms with Crippen LogP contribution in [-0.4, -0.2) is 48.7 Å². The number of nitrogens with one attached hydrogen (secondary N) is 1. The minimum Gasteiger partial charge on any atom is -0.345 e. The Morgan fingerprint density at radius 1 is 1.48 bits per heavy atom. The first-order valence-corrected chi connectivity index (χ1v) is 8.09. The van der Waals surface area contributed by atoms with Crippen LogP contribution >= 0.6 is 11.6 Å². The van der Waals surface area contributed by atoms with Gasteiger partial charge in [0, 0.05) is 19.8 Å². The molecule has 2 aromatic heterocycles. The first-order valence-electron chi connectivity index (χ1n) is 6.23. The predicted octanol–water partition coefficient (Wildman–Crippen LogP) is 0.744. The molecule has 0 aliphatic rings. The van der Waals surface area contributed by atoms with Crippen LogP contribution in [0.5, 0.6) is 0 Å². The number of likely N-dealkylation sites (N-methyl/N-ethyl adjacent to an activating group) is 1. The summed E-state index contributed by atoms with van der Waals surface area (Å²) in [7, 11) is -2.34. The van der Waals surface area contributed by atoms with Crippen LogP contribution in [0.3, 0.4) is 0 Å². The van der Waals surface area contributed by atoms with Crippen LogP contribution < -0.4 is 4.72 Å². The van der Waals surface area contributed by atoms with Crippen molar-refractivity contribution < 1.29 is 13.2 Å². The molecule has 0 fully saturated rings. The Bertz CT molecular complexity index is 772. The maximum absolute atomic E-state index is 12.3. The number of nitrogens with zero attached hydrogens (tertiary/aromatic N) is 3. The Balaban J connectivity index is 2.30. The summed E-state index contributed by atoms with van der Waals surface area (Å²) in [6.45, 7) is 1.97. The van der Waals surface area contributed by atoms with E-state index in [0.29, 0.717) is 12.2 Å². The van der Waals surface area contributed by atoms with Crippen molar-refractivity contribution in [1.29, 1.82) is 0 Å². The van der Waals surface area contributed by atoms with E-state index in [-0.39, 0.29) is 22.6 Å². The Morgan fingerprint density at radius 3 is 2.86 bits per heavy atom. The van der Waals surface area contributed by atoms with Gasteiger partial charge in [0.25, 0.3) is 10.0 Å². The maximum Gasteiger partial charge on any atom is 0.260 e. The van der Waals surface area contributed by atoms with E-state index in [9.17, 15) is 13.2 Å². The monoisotopic (exact) mass is 330 g/mol. The number of halogens is 1. The van der Waals surface area contributed by atoms with Crippen molar-refractivity contribution in [2.24, 2.45) is 0 Å². The highest BCUT2D eigenvalue weighted by Gasteiger charge is 2.25. The molecule has 0 aliphatic carbocycles. The molecule has 21 heavy (non-hydrogen) atoms. The fourth-order valence-corrected chi connectivity index (χ4v) is 3.33. The van der Waals surface area contributed by atoms with Crippen LogP contribution in [0, 0.1) is 0 Å². The molecule has 0 unspecified atom stereocenters. The Hall–Kier alpha value is -1.64. The number of sulfonamides is 1. The number of hydrogen-bond acceptors (Lipinski definition) is 4. The molecular weight excluding hydrogens is 316 g/mol. The molecule has 0 radical (unpaired) electrons. The van der Waals surface area contributed by atoms with Gasteiger partial charge in [0.2, 0.25) is 5.91 Å². The zero-order chi connectivity index (χ0) is 15.6. The van der Waals surface area contributed by atoms with Gasteiger partial charge in [-0.25, -0.2) is 18.1 Å². The summed E-state index contributed by atoms with van der Waals surface area (Å²) in [6.07, 6.45) is 1.54. The van der Waals surface area contributed by atoms with E-state index in [0.717, 1.165) is 0 Å². The summed E-state index contributed by atoms with van der Waals surface area (Å²) in [6, 6.07) is 5.03. The van der Waals surface area contributed by atoms with Crippen molar-refractivity contribution in [2.75, 3.05) is 20.1 Å². The molecule has 9 heteroatoms. The molecular formula is C12H15ClN4O3S. The van der Waals surface area contributed by atoms with Gasteiger partial charge in [-0.2, -0.15) is 0 Å². The van der Waals surface area contributed by atoms with Crippen molar-refractivity contribution in [3.63, 3.8) is 0 Å². The molecule has 0 spiro atoms. The number of carbonyl (C=O) groups excluding carboxylic acids is 1. The molecule has 114 valence electrons. The fourth-order valence-electron chi connectivity index (χ4n) is 1.72. The third kappa shape index (κ3) is 3.17. The largest absolute Gasteiger partial charge is 0.345 e. The predicted molar refractivity (Wildman–Crippen MR) is 78.7 cm³/mol. The number of imidazole rings is 1. The van der Waals surface area contributed by atoms with Crippen LogP contribution in [0.15, 0.2) is 29.4 Å². The van der Waals surface area contributed by atoms with Crippen LogP contribution in [-0.2, 0) is 14.8 Å². The SMILES string of the molecule is CCN(C)C(=O)CNS(=O)(=O)c1c(Cl)nc2ccccn12. The van der Waals surface area contributed by atoms with Gasteiger partial charge in [-0.1, -0.05) is 17.7 Å². The summed E-state index contributed by atoms with van der Waals surface area (Å²) in [5.74, 6) is -0.328. The summed E-state index contributed by atoms with van der Waals surface area (Å²) in [5, 5.41) is -0.309. The number of hydrogen-bond donors (Lipinski definition) is 1. The van der Waals surface area contributed by atoms with Gasteiger partial charge in [-0.15, -0.1) is 0 Å². The Labute approximate surface area is 127 Å².